The maximum atomic E-state index is 6.07. The number of anilines is 1. The maximum absolute atomic E-state index is 6.07. The molecule has 1 aromatic heterocycles. The second-order valence-corrected chi connectivity index (χ2v) is 6.03. The van der Waals surface area contributed by atoms with Crippen molar-refractivity contribution >= 4 is 5.82 Å². The average Bonchev–Trinajstić information content (AvgIpc) is 2.32. The fourth-order valence-corrected chi connectivity index (χ4v) is 2.81. The molecule has 100 valence electrons. The van der Waals surface area contributed by atoms with Gasteiger partial charge in [-0.25, -0.2) is 4.98 Å². The van der Waals surface area contributed by atoms with E-state index in [0.717, 1.165) is 31.7 Å². The van der Waals surface area contributed by atoms with Gasteiger partial charge < -0.3 is 11.1 Å². The van der Waals surface area contributed by atoms with Crippen LogP contribution in [0.15, 0.2) is 18.3 Å². The molecule has 1 atom stereocenters. The molecule has 0 saturated carbocycles. The third-order valence-electron chi connectivity index (χ3n) is 3.50. The van der Waals surface area contributed by atoms with E-state index in [1.54, 1.807) is 6.20 Å². The van der Waals surface area contributed by atoms with Crippen molar-refractivity contribution in [2.24, 2.45) is 5.41 Å². The van der Waals surface area contributed by atoms with E-state index in [9.17, 15) is 0 Å². The van der Waals surface area contributed by atoms with Crippen molar-refractivity contribution in [2.45, 2.75) is 26.8 Å². The van der Waals surface area contributed by atoms with Gasteiger partial charge in [-0.2, -0.15) is 0 Å². The summed E-state index contributed by atoms with van der Waals surface area (Å²) in [6.45, 7) is 11.0. The van der Waals surface area contributed by atoms with Crippen LogP contribution in [-0.2, 0) is 0 Å². The highest BCUT2D eigenvalue weighted by molar-refractivity contribution is 5.41. The predicted octanol–water partition coefficient (Wildman–Crippen LogP) is 1.66. The Morgan fingerprint density at radius 3 is 2.56 bits per heavy atom. The van der Waals surface area contributed by atoms with Crippen molar-refractivity contribution in [1.82, 2.24) is 15.2 Å². The number of nitrogens with two attached hydrogens (primary N) is 1. The fraction of sp³-hybridized carbons (Fsp3) is 0.643. The summed E-state index contributed by atoms with van der Waals surface area (Å²) in [5.74, 6) is 0.663. The van der Waals surface area contributed by atoms with E-state index in [1.165, 1.54) is 0 Å². The van der Waals surface area contributed by atoms with E-state index < -0.39 is 0 Å². The fourth-order valence-electron chi connectivity index (χ4n) is 2.81. The molecular weight excluding hydrogens is 224 g/mol. The molecule has 4 nitrogen and oxygen atoms in total. The molecule has 0 unspecified atom stereocenters. The van der Waals surface area contributed by atoms with Gasteiger partial charge in [0.15, 0.2) is 0 Å². The summed E-state index contributed by atoms with van der Waals surface area (Å²) in [5.41, 5.74) is 7.38. The van der Waals surface area contributed by atoms with Gasteiger partial charge in [-0.1, -0.05) is 26.8 Å². The van der Waals surface area contributed by atoms with E-state index in [0.29, 0.717) is 11.9 Å². The standard InChI is InChI=1S/C14H24N4/c1-14(2,3)12(18-9-7-16-8-10-18)11-5-4-6-17-13(11)15/h4-6,12,16H,7-10H2,1-3H3,(H2,15,17)/t12-/m0/s1. The lowest BCUT2D eigenvalue weighted by Crippen LogP contribution is -2.48. The van der Waals surface area contributed by atoms with Crippen LogP contribution in [0.1, 0.15) is 32.4 Å². The summed E-state index contributed by atoms with van der Waals surface area (Å²) >= 11 is 0. The zero-order valence-electron chi connectivity index (χ0n) is 11.6. The quantitative estimate of drug-likeness (QED) is 0.835. The summed E-state index contributed by atoms with van der Waals surface area (Å²) in [6, 6.07) is 4.42. The zero-order chi connectivity index (χ0) is 13.2. The Morgan fingerprint density at radius 1 is 1.33 bits per heavy atom. The molecule has 3 N–H and O–H groups in total. The highest BCUT2D eigenvalue weighted by Crippen LogP contribution is 2.39. The topological polar surface area (TPSA) is 54.2 Å². The summed E-state index contributed by atoms with van der Waals surface area (Å²) in [7, 11) is 0. The minimum atomic E-state index is 0.147. The molecule has 2 rings (SSSR count). The molecule has 2 heterocycles. The van der Waals surface area contributed by atoms with Crippen molar-refractivity contribution in [2.75, 3.05) is 31.9 Å². The molecule has 18 heavy (non-hydrogen) atoms. The number of nitrogens with one attached hydrogen (secondary N) is 1. The number of rotatable bonds is 2. The number of hydrogen-bond acceptors (Lipinski definition) is 4. The average molecular weight is 248 g/mol. The third-order valence-corrected chi connectivity index (χ3v) is 3.50. The van der Waals surface area contributed by atoms with Crippen LogP contribution < -0.4 is 11.1 Å². The summed E-state index contributed by atoms with van der Waals surface area (Å²) in [5, 5.41) is 3.40. The Kier molecular flexibility index (Phi) is 3.88. The first-order valence-corrected chi connectivity index (χ1v) is 6.65. The second kappa shape index (κ2) is 5.24. The second-order valence-electron chi connectivity index (χ2n) is 6.03. The predicted molar refractivity (Wildman–Crippen MR) is 75.3 cm³/mol. The summed E-state index contributed by atoms with van der Waals surface area (Å²) in [6.07, 6.45) is 1.76. The summed E-state index contributed by atoms with van der Waals surface area (Å²) < 4.78 is 0. The van der Waals surface area contributed by atoms with Gasteiger partial charge in [0.05, 0.1) is 0 Å². The number of nitrogens with zero attached hydrogens (tertiary/aromatic N) is 2. The number of piperazine rings is 1. The van der Waals surface area contributed by atoms with Gasteiger partial charge in [0.2, 0.25) is 0 Å². The molecule has 0 spiro atoms. The Hall–Kier alpha value is -1.13. The highest BCUT2D eigenvalue weighted by atomic mass is 15.2. The van der Waals surface area contributed by atoms with Crippen LogP contribution in [0.5, 0.6) is 0 Å². The Bertz CT molecular complexity index is 391. The first-order chi connectivity index (χ1) is 8.50. The number of aromatic nitrogens is 1. The molecule has 0 aliphatic carbocycles. The lowest BCUT2D eigenvalue weighted by molar-refractivity contribution is 0.0865. The van der Waals surface area contributed by atoms with Crippen molar-refractivity contribution in [3.63, 3.8) is 0 Å². The molecule has 1 aliphatic heterocycles. The van der Waals surface area contributed by atoms with E-state index in [4.69, 9.17) is 5.73 Å². The zero-order valence-corrected chi connectivity index (χ0v) is 11.6. The first kappa shape index (κ1) is 13.3. The number of nitrogen functional groups attached to an aromatic ring is 1. The molecule has 0 bridgehead atoms. The van der Waals surface area contributed by atoms with Crippen LogP contribution in [0.2, 0.25) is 0 Å². The highest BCUT2D eigenvalue weighted by Gasteiger charge is 2.33. The van der Waals surface area contributed by atoms with Gasteiger partial charge in [0, 0.05) is 44.0 Å². The lowest BCUT2D eigenvalue weighted by atomic mass is 9.81. The van der Waals surface area contributed by atoms with Gasteiger partial charge in [0.25, 0.3) is 0 Å². The molecule has 1 saturated heterocycles. The molecule has 1 aromatic rings. The van der Waals surface area contributed by atoms with E-state index >= 15 is 0 Å². The largest absolute Gasteiger partial charge is 0.383 e. The van der Waals surface area contributed by atoms with E-state index in [-0.39, 0.29) is 5.41 Å². The first-order valence-electron chi connectivity index (χ1n) is 6.65. The number of pyridine rings is 1. The monoisotopic (exact) mass is 248 g/mol. The Labute approximate surface area is 110 Å². The van der Waals surface area contributed by atoms with Crippen LogP contribution in [0.3, 0.4) is 0 Å². The molecule has 0 radical (unpaired) electrons. The van der Waals surface area contributed by atoms with Gasteiger partial charge in [0.1, 0.15) is 5.82 Å². The smallest absolute Gasteiger partial charge is 0.128 e. The van der Waals surface area contributed by atoms with Gasteiger partial charge in [-0.05, 0) is 11.5 Å². The van der Waals surface area contributed by atoms with Gasteiger partial charge in [-0.3, -0.25) is 4.90 Å². The van der Waals surface area contributed by atoms with Crippen LogP contribution in [0, 0.1) is 5.41 Å². The third kappa shape index (κ3) is 2.82. The maximum Gasteiger partial charge on any atom is 0.128 e. The van der Waals surface area contributed by atoms with Gasteiger partial charge in [-0.15, -0.1) is 0 Å². The molecule has 0 aromatic carbocycles. The SMILES string of the molecule is CC(C)(C)[C@H](c1cccnc1N)N1CCNCC1. The molecule has 1 fully saturated rings. The normalized spacial score (nSPS) is 19.7. The van der Waals surface area contributed by atoms with Crippen LogP contribution in [0.25, 0.3) is 0 Å². The number of hydrogen-bond donors (Lipinski definition) is 2. The lowest BCUT2D eigenvalue weighted by Gasteiger charge is -2.42. The molecule has 0 amide bonds. The minimum absolute atomic E-state index is 0.147. The van der Waals surface area contributed by atoms with Crippen molar-refractivity contribution in [3.8, 4) is 0 Å². The Morgan fingerprint density at radius 2 is 2.00 bits per heavy atom. The minimum Gasteiger partial charge on any atom is -0.383 e. The van der Waals surface area contributed by atoms with Crippen LogP contribution >= 0.6 is 0 Å². The van der Waals surface area contributed by atoms with Gasteiger partial charge >= 0.3 is 0 Å². The van der Waals surface area contributed by atoms with Crippen molar-refractivity contribution < 1.29 is 0 Å². The molecule has 4 heteroatoms. The van der Waals surface area contributed by atoms with Crippen molar-refractivity contribution in [1.29, 1.82) is 0 Å². The van der Waals surface area contributed by atoms with E-state index in [1.807, 2.05) is 6.07 Å². The van der Waals surface area contributed by atoms with Crippen molar-refractivity contribution in [3.05, 3.63) is 23.9 Å². The van der Waals surface area contributed by atoms with E-state index in [2.05, 4.69) is 42.0 Å². The van der Waals surface area contributed by atoms with Crippen LogP contribution in [0.4, 0.5) is 5.82 Å². The summed E-state index contributed by atoms with van der Waals surface area (Å²) in [4.78, 5) is 6.76. The molecule has 1 aliphatic rings. The Balaban J connectivity index is 2.34. The molecular formula is C14H24N4. The van der Waals surface area contributed by atoms with Crippen LogP contribution in [-0.4, -0.2) is 36.1 Å².